The van der Waals surface area contributed by atoms with Crippen molar-refractivity contribution in [1.29, 1.82) is 0 Å². The maximum Gasteiger partial charge on any atom is 0.408 e. The molecular formula is C25H35NO6Si. The normalized spacial score (nSPS) is 13.5. The fraction of sp³-hybridized carbons (Fsp3) is 0.440. The minimum absolute atomic E-state index is 0.105. The van der Waals surface area contributed by atoms with Gasteiger partial charge in [-0.1, -0.05) is 63.2 Å². The van der Waals surface area contributed by atoms with Gasteiger partial charge in [-0.25, -0.2) is 9.59 Å². The number of alkyl carbamates (subject to hydrolysis) is 1. The number of ether oxygens (including phenoxy) is 3. The van der Waals surface area contributed by atoms with E-state index in [9.17, 15) is 9.59 Å². The van der Waals surface area contributed by atoms with Crippen LogP contribution in [0.4, 0.5) is 4.79 Å². The van der Waals surface area contributed by atoms with Gasteiger partial charge in [-0.3, -0.25) is 0 Å². The van der Waals surface area contributed by atoms with Crippen molar-refractivity contribution >= 4 is 20.4 Å². The maximum absolute atomic E-state index is 12.9. The van der Waals surface area contributed by atoms with E-state index < -0.39 is 32.5 Å². The van der Waals surface area contributed by atoms with E-state index in [1.54, 1.807) is 31.4 Å². The number of esters is 1. The number of hydrogen-bond donors (Lipinski definition) is 1. The zero-order valence-corrected chi connectivity index (χ0v) is 21.5. The van der Waals surface area contributed by atoms with E-state index in [0.717, 1.165) is 5.56 Å². The molecule has 2 atom stereocenters. The number of methoxy groups -OCH3 is 2. The van der Waals surface area contributed by atoms with E-state index in [1.165, 1.54) is 7.11 Å². The summed E-state index contributed by atoms with van der Waals surface area (Å²) in [4.78, 5) is 25.6. The molecule has 0 unspecified atom stereocenters. The van der Waals surface area contributed by atoms with Gasteiger partial charge >= 0.3 is 12.1 Å². The quantitative estimate of drug-likeness (QED) is 0.397. The van der Waals surface area contributed by atoms with E-state index in [2.05, 4.69) is 26.1 Å². The second kappa shape index (κ2) is 11.3. The first-order chi connectivity index (χ1) is 15.5. The van der Waals surface area contributed by atoms with Crippen molar-refractivity contribution in [2.24, 2.45) is 0 Å². The minimum Gasteiger partial charge on any atom is -0.497 e. The van der Waals surface area contributed by atoms with Gasteiger partial charge in [-0.15, -0.1) is 0 Å². The Balaban J connectivity index is 2.35. The SMILES string of the molecule is COC(=O)[C@@H](O[Si](C)(C)C(C)(C)C)[C@H](NC(=O)OCc1ccccc1)c1ccc(OC)cc1. The fourth-order valence-electron chi connectivity index (χ4n) is 2.90. The average molecular weight is 474 g/mol. The van der Waals surface area contributed by atoms with Gasteiger partial charge in [0, 0.05) is 0 Å². The largest absolute Gasteiger partial charge is 0.497 e. The van der Waals surface area contributed by atoms with Crippen molar-refractivity contribution in [3.8, 4) is 5.75 Å². The lowest BCUT2D eigenvalue weighted by Gasteiger charge is -2.40. The summed E-state index contributed by atoms with van der Waals surface area (Å²) >= 11 is 0. The monoisotopic (exact) mass is 473 g/mol. The third kappa shape index (κ3) is 7.33. The molecule has 0 fully saturated rings. The molecule has 7 nitrogen and oxygen atoms in total. The van der Waals surface area contributed by atoms with E-state index in [4.69, 9.17) is 18.6 Å². The highest BCUT2D eigenvalue weighted by molar-refractivity contribution is 6.74. The molecule has 0 bridgehead atoms. The van der Waals surface area contributed by atoms with Gasteiger partial charge in [0.2, 0.25) is 0 Å². The Kier molecular flexibility index (Phi) is 9.07. The molecule has 1 amide bonds. The molecule has 2 aromatic rings. The highest BCUT2D eigenvalue weighted by atomic mass is 28.4. The Hall–Kier alpha value is -2.84. The lowest BCUT2D eigenvalue weighted by molar-refractivity contribution is -0.151. The lowest BCUT2D eigenvalue weighted by Crippen LogP contribution is -2.51. The molecule has 0 aliphatic heterocycles. The molecule has 180 valence electrons. The number of nitrogens with one attached hydrogen (secondary N) is 1. The summed E-state index contributed by atoms with van der Waals surface area (Å²) in [5, 5.41) is 2.67. The lowest BCUT2D eigenvalue weighted by atomic mass is 10.0. The van der Waals surface area contributed by atoms with Gasteiger partial charge < -0.3 is 24.0 Å². The molecule has 2 aromatic carbocycles. The maximum atomic E-state index is 12.9. The van der Waals surface area contributed by atoms with Crippen molar-refractivity contribution in [3.05, 3.63) is 65.7 Å². The van der Waals surface area contributed by atoms with Crippen LogP contribution < -0.4 is 10.1 Å². The molecular weight excluding hydrogens is 438 g/mol. The van der Waals surface area contributed by atoms with E-state index >= 15 is 0 Å². The van der Waals surface area contributed by atoms with Gasteiger partial charge in [-0.2, -0.15) is 0 Å². The Morgan fingerprint density at radius 2 is 1.58 bits per heavy atom. The molecule has 0 aromatic heterocycles. The van der Waals surface area contributed by atoms with Crippen molar-refractivity contribution in [1.82, 2.24) is 5.32 Å². The fourth-order valence-corrected chi connectivity index (χ4v) is 4.12. The van der Waals surface area contributed by atoms with Crippen LogP contribution in [0.5, 0.6) is 5.75 Å². The zero-order chi connectivity index (χ0) is 24.6. The van der Waals surface area contributed by atoms with Gasteiger partial charge in [0.15, 0.2) is 14.4 Å². The minimum atomic E-state index is -2.40. The Morgan fingerprint density at radius 3 is 2.09 bits per heavy atom. The third-order valence-electron chi connectivity index (χ3n) is 5.93. The summed E-state index contributed by atoms with van der Waals surface area (Å²) in [6.07, 6.45) is -1.71. The topological polar surface area (TPSA) is 83.1 Å². The van der Waals surface area contributed by atoms with E-state index in [0.29, 0.717) is 11.3 Å². The van der Waals surface area contributed by atoms with Gasteiger partial charge in [-0.05, 0) is 41.4 Å². The highest BCUT2D eigenvalue weighted by Crippen LogP contribution is 2.39. The number of rotatable bonds is 9. The number of benzene rings is 2. The molecule has 2 rings (SSSR count). The third-order valence-corrected chi connectivity index (χ3v) is 10.4. The molecule has 33 heavy (non-hydrogen) atoms. The second-order valence-electron chi connectivity index (χ2n) is 9.28. The summed E-state index contributed by atoms with van der Waals surface area (Å²) in [6, 6.07) is 15.6. The van der Waals surface area contributed by atoms with Crippen LogP contribution in [-0.4, -0.2) is 40.7 Å². The number of hydrogen-bond acceptors (Lipinski definition) is 6. The van der Waals surface area contributed by atoms with Crippen LogP contribution >= 0.6 is 0 Å². The highest BCUT2D eigenvalue weighted by Gasteiger charge is 2.44. The summed E-state index contributed by atoms with van der Waals surface area (Å²) in [7, 11) is 0.481. The van der Waals surface area contributed by atoms with Crippen LogP contribution in [0.25, 0.3) is 0 Å². The number of carbonyl (C=O) groups excluding carboxylic acids is 2. The predicted molar refractivity (Wildman–Crippen MR) is 130 cm³/mol. The van der Waals surface area contributed by atoms with Crippen LogP contribution in [0.15, 0.2) is 54.6 Å². The molecule has 0 aliphatic rings. The van der Waals surface area contributed by atoms with Gasteiger partial charge in [0.05, 0.1) is 20.3 Å². The molecule has 1 N–H and O–H groups in total. The van der Waals surface area contributed by atoms with Gasteiger partial charge in [0.25, 0.3) is 0 Å². The average Bonchev–Trinajstić information content (AvgIpc) is 2.79. The molecule has 0 aliphatic carbocycles. The van der Waals surface area contributed by atoms with Crippen LogP contribution in [-0.2, 0) is 25.3 Å². The molecule has 0 saturated heterocycles. The van der Waals surface area contributed by atoms with E-state index in [1.807, 2.05) is 43.4 Å². The zero-order valence-electron chi connectivity index (χ0n) is 20.5. The smallest absolute Gasteiger partial charge is 0.408 e. The summed E-state index contributed by atoms with van der Waals surface area (Å²) in [5.74, 6) is 0.0908. The first kappa shape index (κ1) is 26.4. The van der Waals surface area contributed by atoms with E-state index in [-0.39, 0.29) is 11.6 Å². The molecule has 0 saturated carbocycles. The Morgan fingerprint density at radius 1 is 0.970 bits per heavy atom. The van der Waals surface area contributed by atoms with Crippen LogP contribution in [0.1, 0.15) is 37.9 Å². The summed E-state index contributed by atoms with van der Waals surface area (Å²) < 4.78 is 22.2. The van der Waals surface area contributed by atoms with Gasteiger partial charge in [0.1, 0.15) is 12.4 Å². The van der Waals surface area contributed by atoms with Crippen molar-refractivity contribution in [2.75, 3.05) is 14.2 Å². The standard InChI is InChI=1S/C25H35NO6Si/c1-25(2,3)33(6,7)32-22(23(27)30-5)21(19-13-15-20(29-4)16-14-19)26-24(28)31-17-18-11-9-8-10-12-18/h8-16,21-22H,17H2,1-7H3,(H,26,28)/t21-,22+/m1/s1. The Labute approximate surface area is 197 Å². The Bertz CT molecular complexity index is 909. The molecule has 0 spiro atoms. The van der Waals surface area contributed by atoms with Crippen LogP contribution in [0, 0.1) is 0 Å². The van der Waals surface area contributed by atoms with Crippen molar-refractivity contribution < 1.29 is 28.2 Å². The predicted octanol–water partition coefficient (Wildman–Crippen LogP) is 5.23. The van der Waals surface area contributed by atoms with Crippen LogP contribution in [0.2, 0.25) is 18.1 Å². The summed E-state index contributed by atoms with van der Waals surface area (Å²) in [6.45, 7) is 10.4. The summed E-state index contributed by atoms with van der Waals surface area (Å²) in [5.41, 5.74) is 1.53. The van der Waals surface area contributed by atoms with Crippen molar-refractivity contribution in [2.45, 2.75) is 57.7 Å². The molecule has 8 heteroatoms. The first-order valence-electron chi connectivity index (χ1n) is 10.9. The van der Waals surface area contributed by atoms with Crippen molar-refractivity contribution in [3.63, 3.8) is 0 Å². The molecule has 0 radical (unpaired) electrons. The number of amides is 1. The number of carbonyl (C=O) groups is 2. The molecule has 0 heterocycles. The van der Waals surface area contributed by atoms with Crippen LogP contribution in [0.3, 0.4) is 0 Å². The first-order valence-corrected chi connectivity index (χ1v) is 13.8. The second-order valence-corrected chi connectivity index (χ2v) is 14.0.